The molecule has 0 radical (unpaired) electrons. The smallest absolute Gasteiger partial charge is 0.214 e. The number of hydrogen-bond acceptors (Lipinski definition) is 2. The second kappa shape index (κ2) is 3.91. The molecule has 0 unspecified atom stereocenters. The quantitative estimate of drug-likeness (QED) is 0.449. The summed E-state index contributed by atoms with van der Waals surface area (Å²) in [5.41, 5.74) is -0.263. The Morgan fingerprint density at radius 1 is 1.18 bits per heavy atom. The molecule has 3 heteroatoms. The van der Waals surface area contributed by atoms with E-state index in [2.05, 4.69) is 0 Å². The van der Waals surface area contributed by atoms with E-state index in [4.69, 9.17) is 0 Å². The van der Waals surface area contributed by atoms with E-state index in [1.54, 1.807) is 0 Å². The van der Waals surface area contributed by atoms with Crippen LogP contribution in [0.25, 0.3) is 0 Å². The summed E-state index contributed by atoms with van der Waals surface area (Å²) in [4.78, 5) is 21.8. The SMILES string of the molecule is CC(C)(C)N(C=O)/C=C\C=O. The predicted molar refractivity (Wildman–Crippen MR) is 42.9 cm³/mol. The Morgan fingerprint density at radius 3 is 2.00 bits per heavy atom. The van der Waals surface area contributed by atoms with Crippen LogP contribution in [0.15, 0.2) is 12.3 Å². The lowest BCUT2D eigenvalue weighted by molar-refractivity contribution is -0.119. The highest BCUT2D eigenvalue weighted by molar-refractivity contribution is 5.65. The first-order valence-corrected chi connectivity index (χ1v) is 3.38. The van der Waals surface area contributed by atoms with E-state index in [9.17, 15) is 9.59 Å². The van der Waals surface area contributed by atoms with Crippen LogP contribution in [0.5, 0.6) is 0 Å². The molecular formula is C8H13NO2. The van der Waals surface area contributed by atoms with Gasteiger partial charge in [-0.3, -0.25) is 9.59 Å². The van der Waals surface area contributed by atoms with Gasteiger partial charge < -0.3 is 4.90 Å². The Kier molecular flexibility index (Phi) is 3.51. The lowest BCUT2D eigenvalue weighted by Gasteiger charge is -2.28. The van der Waals surface area contributed by atoms with Gasteiger partial charge in [0.25, 0.3) is 0 Å². The molecule has 0 aliphatic carbocycles. The molecule has 0 heterocycles. The van der Waals surface area contributed by atoms with Gasteiger partial charge in [0.15, 0.2) is 0 Å². The third-order valence-electron chi connectivity index (χ3n) is 1.21. The normalized spacial score (nSPS) is 11.5. The summed E-state index contributed by atoms with van der Waals surface area (Å²) >= 11 is 0. The van der Waals surface area contributed by atoms with E-state index >= 15 is 0 Å². The molecule has 0 aromatic rings. The van der Waals surface area contributed by atoms with Gasteiger partial charge in [0.2, 0.25) is 6.41 Å². The standard InChI is InChI=1S/C8H13NO2/c1-8(2,3)9(7-11)5-4-6-10/h4-7H,1-3H3/b5-4-. The molecule has 0 aliphatic rings. The van der Waals surface area contributed by atoms with Crippen molar-refractivity contribution in [3.63, 3.8) is 0 Å². The lowest BCUT2D eigenvalue weighted by atomic mass is 10.1. The largest absolute Gasteiger partial charge is 0.316 e. The Hall–Kier alpha value is -1.12. The van der Waals surface area contributed by atoms with E-state index in [-0.39, 0.29) is 5.54 Å². The summed E-state index contributed by atoms with van der Waals surface area (Å²) in [6, 6.07) is 0. The van der Waals surface area contributed by atoms with E-state index in [0.717, 1.165) is 0 Å². The monoisotopic (exact) mass is 155 g/mol. The van der Waals surface area contributed by atoms with Crippen molar-refractivity contribution in [3.05, 3.63) is 12.3 Å². The van der Waals surface area contributed by atoms with E-state index in [1.165, 1.54) is 17.2 Å². The van der Waals surface area contributed by atoms with Crippen molar-refractivity contribution in [3.8, 4) is 0 Å². The van der Waals surface area contributed by atoms with Gasteiger partial charge in [-0.1, -0.05) is 0 Å². The number of aldehydes is 1. The number of hydrogen-bond donors (Lipinski definition) is 0. The van der Waals surface area contributed by atoms with Crippen molar-refractivity contribution >= 4 is 12.7 Å². The maximum atomic E-state index is 10.4. The highest BCUT2D eigenvalue weighted by atomic mass is 16.1. The first-order valence-electron chi connectivity index (χ1n) is 3.38. The van der Waals surface area contributed by atoms with Crippen molar-refractivity contribution < 1.29 is 9.59 Å². The number of allylic oxidation sites excluding steroid dienone is 1. The minimum absolute atomic E-state index is 0.263. The van der Waals surface area contributed by atoms with E-state index < -0.39 is 0 Å². The van der Waals surface area contributed by atoms with Crippen molar-refractivity contribution in [2.75, 3.05) is 0 Å². The summed E-state index contributed by atoms with van der Waals surface area (Å²) in [5.74, 6) is 0. The van der Waals surface area contributed by atoms with Gasteiger partial charge in [-0.05, 0) is 26.8 Å². The highest BCUT2D eigenvalue weighted by Crippen LogP contribution is 2.10. The molecule has 0 spiro atoms. The first-order chi connectivity index (χ1) is 5.02. The maximum absolute atomic E-state index is 10.4. The molecule has 0 aromatic heterocycles. The minimum atomic E-state index is -0.263. The number of amides is 1. The van der Waals surface area contributed by atoms with Crippen LogP contribution in [0.1, 0.15) is 20.8 Å². The summed E-state index contributed by atoms with van der Waals surface area (Å²) < 4.78 is 0. The minimum Gasteiger partial charge on any atom is -0.316 e. The van der Waals surface area contributed by atoms with Crippen molar-refractivity contribution in [2.45, 2.75) is 26.3 Å². The summed E-state index contributed by atoms with van der Waals surface area (Å²) in [5, 5.41) is 0. The van der Waals surface area contributed by atoms with Crippen LogP contribution in [0, 0.1) is 0 Å². The highest BCUT2D eigenvalue weighted by Gasteiger charge is 2.16. The fourth-order valence-electron chi connectivity index (χ4n) is 0.545. The van der Waals surface area contributed by atoms with Crippen LogP contribution >= 0.6 is 0 Å². The Morgan fingerprint density at radius 2 is 1.73 bits per heavy atom. The third kappa shape index (κ3) is 3.55. The molecule has 0 atom stereocenters. The van der Waals surface area contributed by atoms with Gasteiger partial charge in [0.05, 0.1) is 0 Å². The molecule has 0 aliphatic heterocycles. The average Bonchev–Trinajstić information content (AvgIpc) is 1.87. The molecule has 1 amide bonds. The fourth-order valence-corrected chi connectivity index (χ4v) is 0.545. The van der Waals surface area contributed by atoms with Crippen LogP contribution in [-0.2, 0) is 9.59 Å². The summed E-state index contributed by atoms with van der Waals surface area (Å²) in [6.45, 7) is 5.66. The molecule has 3 nitrogen and oxygen atoms in total. The molecular weight excluding hydrogens is 142 g/mol. The summed E-state index contributed by atoms with van der Waals surface area (Å²) in [7, 11) is 0. The third-order valence-corrected chi connectivity index (χ3v) is 1.21. The molecule has 0 saturated heterocycles. The van der Waals surface area contributed by atoms with Gasteiger partial charge in [0.1, 0.15) is 6.29 Å². The maximum Gasteiger partial charge on any atom is 0.214 e. The molecule has 62 valence electrons. The number of nitrogens with zero attached hydrogens (tertiary/aromatic N) is 1. The predicted octanol–water partition coefficient (Wildman–Crippen LogP) is 0.956. The van der Waals surface area contributed by atoms with Gasteiger partial charge in [-0.25, -0.2) is 0 Å². The van der Waals surface area contributed by atoms with Crippen LogP contribution in [0.3, 0.4) is 0 Å². The Balaban J connectivity index is 4.29. The number of carbonyl (C=O) groups excluding carboxylic acids is 2. The number of rotatable bonds is 3. The molecule has 0 aromatic carbocycles. The van der Waals surface area contributed by atoms with Crippen LogP contribution < -0.4 is 0 Å². The van der Waals surface area contributed by atoms with Crippen LogP contribution in [0.2, 0.25) is 0 Å². The topological polar surface area (TPSA) is 37.4 Å². The molecule has 0 rings (SSSR count). The molecule has 0 fully saturated rings. The zero-order chi connectivity index (χ0) is 8.91. The first kappa shape index (κ1) is 9.88. The number of carbonyl (C=O) groups is 2. The second-order valence-electron chi connectivity index (χ2n) is 3.16. The van der Waals surface area contributed by atoms with Crippen molar-refractivity contribution in [1.29, 1.82) is 0 Å². The average molecular weight is 155 g/mol. The van der Waals surface area contributed by atoms with E-state index in [0.29, 0.717) is 12.7 Å². The van der Waals surface area contributed by atoms with Crippen molar-refractivity contribution in [2.24, 2.45) is 0 Å². The lowest BCUT2D eigenvalue weighted by Crippen LogP contribution is -2.35. The van der Waals surface area contributed by atoms with Crippen molar-refractivity contribution in [1.82, 2.24) is 4.90 Å². The van der Waals surface area contributed by atoms with Gasteiger partial charge in [-0.2, -0.15) is 0 Å². The van der Waals surface area contributed by atoms with Gasteiger partial charge in [-0.15, -0.1) is 0 Å². The Bertz CT molecular complexity index is 167. The molecule has 0 saturated carbocycles. The summed E-state index contributed by atoms with van der Waals surface area (Å²) in [6.07, 6.45) is 4.09. The molecule has 11 heavy (non-hydrogen) atoms. The van der Waals surface area contributed by atoms with Gasteiger partial charge in [0, 0.05) is 11.7 Å². The zero-order valence-electron chi connectivity index (χ0n) is 7.07. The van der Waals surface area contributed by atoms with Crippen LogP contribution in [0.4, 0.5) is 0 Å². The molecule has 0 N–H and O–H groups in total. The fraction of sp³-hybridized carbons (Fsp3) is 0.500. The molecule has 0 bridgehead atoms. The van der Waals surface area contributed by atoms with E-state index in [1.807, 2.05) is 20.8 Å². The zero-order valence-corrected chi connectivity index (χ0v) is 7.07. The Labute approximate surface area is 66.7 Å². The van der Waals surface area contributed by atoms with Gasteiger partial charge >= 0.3 is 0 Å². The van der Waals surface area contributed by atoms with Crippen LogP contribution in [-0.4, -0.2) is 23.1 Å². The second-order valence-corrected chi connectivity index (χ2v) is 3.16.